The second-order valence-electron chi connectivity index (χ2n) is 8.29. The van der Waals surface area contributed by atoms with Gasteiger partial charge in [0.2, 0.25) is 0 Å². The smallest absolute Gasteiger partial charge is 0.303 e. The minimum Gasteiger partial charge on any atom is -0.494 e. The highest BCUT2D eigenvalue weighted by Gasteiger charge is 2.40. The van der Waals surface area contributed by atoms with Crippen molar-refractivity contribution in [3.05, 3.63) is 64.7 Å². The predicted octanol–water partition coefficient (Wildman–Crippen LogP) is 2.60. The van der Waals surface area contributed by atoms with Gasteiger partial charge in [0.25, 0.3) is 0 Å². The molecule has 0 aromatic heterocycles. The molecule has 31 heavy (non-hydrogen) atoms. The summed E-state index contributed by atoms with van der Waals surface area (Å²) in [5, 5.41) is 39.2. The van der Waals surface area contributed by atoms with Crippen molar-refractivity contribution in [2.45, 2.75) is 49.7 Å². The summed E-state index contributed by atoms with van der Waals surface area (Å²) in [6.45, 7) is 2.43. The minimum atomic E-state index is -1.11. The number of benzene rings is 2. The van der Waals surface area contributed by atoms with Gasteiger partial charge in [-0.15, -0.1) is 0 Å². The number of rotatable bonds is 8. The molecule has 1 aliphatic heterocycles. The molecule has 0 radical (unpaired) electrons. The van der Waals surface area contributed by atoms with Crippen molar-refractivity contribution >= 4 is 16.9 Å². The summed E-state index contributed by atoms with van der Waals surface area (Å²) in [7, 11) is -0.647. The van der Waals surface area contributed by atoms with E-state index in [2.05, 4.69) is 25.3 Å². The van der Waals surface area contributed by atoms with Crippen LogP contribution in [0, 0.1) is 6.92 Å². The van der Waals surface area contributed by atoms with Gasteiger partial charge < -0.3 is 25.2 Å². The van der Waals surface area contributed by atoms with Crippen molar-refractivity contribution in [1.82, 2.24) is 0 Å². The lowest BCUT2D eigenvalue weighted by atomic mass is 9.94. The maximum Gasteiger partial charge on any atom is 0.303 e. The molecule has 170 valence electrons. The standard InChI is InChI=1S/C24H32O6S/c1-15-5-8-17(24-23(29)22(28)20(25)14-31(24)2)13-18(15)12-16-6-9-19(10-7-16)30-11-3-4-21(26)27/h5-10,13,20,22-25,28-29,31H,3-4,11-12,14H2,1-2H3,(H,26,27)/t20-,22-,23-,24+/m1/s1. The van der Waals surface area contributed by atoms with Crippen molar-refractivity contribution < 1.29 is 30.0 Å². The Labute approximate surface area is 185 Å². The summed E-state index contributed by atoms with van der Waals surface area (Å²) >= 11 is 0. The summed E-state index contributed by atoms with van der Waals surface area (Å²) in [5.74, 6) is 0.419. The molecule has 0 bridgehead atoms. The fourth-order valence-corrected chi connectivity index (χ4v) is 6.45. The van der Waals surface area contributed by atoms with E-state index in [0.717, 1.165) is 28.7 Å². The van der Waals surface area contributed by atoms with Crippen molar-refractivity contribution in [1.29, 1.82) is 0 Å². The van der Waals surface area contributed by atoms with E-state index < -0.39 is 35.2 Å². The van der Waals surface area contributed by atoms with Gasteiger partial charge >= 0.3 is 5.97 Å². The third-order valence-corrected chi connectivity index (χ3v) is 8.36. The number of aliphatic hydroxyl groups excluding tert-OH is 3. The quantitative estimate of drug-likeness (QED) is 0.314. The Morgan fingerprint density at radius 2 is 1.81 bits per heavy atom. The van der Waals surface area contributed by atoms with E-state index in [4.69, 9.17) is 9.84 Å². The van der Waals surface area contributed by atoms with Gasteiger partial charge in [0.15, 0.2) is 0 Å². The first-order valence-corrected chi connectivity index (χ1v) is 12.6. The summed E-state index contributed by atoms with van der Waals surface area (Å²) in [5.41, 5.74) is 4.44. The fraction of sp³-hybridized carbons (Fsp3) is 0.458. The molecule has 0 aliphatic carbocycles. The SMILES string of the molecule is Cc1ccc([C@H]2[C@H](O)[C@H](O)[C@H](O)C[SH]2C)cc1Cc1ccc(OCCCC(=O)O)cc1. The van der Waals surface area contributed by atoms with Crippen LogP contribution in [-0.4, -0.2) is 63.3 Å². The van der Waals surface area contributed by atoms with Gasteiger partial charge in [0.1, 0.15) is 11.9 Å². The Kier molecular flexibility index (Phi) is 8.00. The first kappa shape index (κ1) is 23.6. The number of aliphatic carboxylic acids is 1. The lowest BCUT2D eigenvalue weighted by Crippen LogP contribution is -2.47. The summed E-state index contributed by atoms with van der Waals surface area (Å²) in [4.78, 5) is 10.6. The zero-order chi connectivity index (χ0) is 22.5. The maximum atomic E-state index is 10.6. The second kappa shape index (κ2) is 10.5. The van der Waals surface area contributed by atoms with Crippen LogP contribution in [0.4, 0.5) is 0 Å². The van der Waals surface area contributed by atoms with Crippen LogP contribution >= 0.6 is 10.9 Å². The van der Waals surface area contributed by atoms with Crippen molar-refractivity contribution in [2.24, 2.45) is 0 Å². The number of carbonyl (C=O) groups is 1. The molecule has 3 rings (SSSR count). The number of carboxylic acids is 1. The number of hydrogen-bond acceptors (Lipinski definition) is 5. The van der Waals surface area contributed by atoms with Crippen molar-refractivity contribution in [3.63, 3.8) is 0 Å². The Bertz CT molecular complexity index is 884. The van der Waals surface area contributed by atoms with E-state index >= 15 is 0 Å². The normalized spacial score (nSPS) is 27.1. The highest BCUT2D eigenvalue weighted by Crippen LogP contribution is 2.48. The van der Waals surface area contributed by atoms with Gasteiger partial charge in [-0.1, -0.05) is 30.3 Å². The first-order chi connectivity index (χ1) is 14.8. The van der Waals surface area contributed by atoms with Gasteiger partial charge in [0, 0.05) is 17.4 Å². The minimum absolute atomic E-state index is 0.0966. The number of carboxylic acid groups (broad SMARTS) is 1. The molecule has 2 aromatic carbocycles. The van der Waals surface area contributed by atoms with Crippen LogP contribution in [-0.2, 0) is 11.2 Å². The van der Waals surface area contributed by atoms with Gasteiger partial charge in [0.05, 0.1) is 18.8 Å². The number of ether oxygens (including phenoxy) is 1. The van der Waals surface area contributed by atoms with Crippen LogP contribution in [0.3, 0.4) is 0 Å². The fourth-order valence-electron chi connectivity index (χ4n) is 4.05. The number of thiol groups is 1. The van der Waals surface area contributed by atoms with Crippen molar-refractivity contribution in [2.75, 3.05) is 18.6 Å². The molecule has 5 atom stereocenters. The lowest BCUT2D eigenvalue weighted by molar-refractivity contribution is -0.137. The topological polar surface area (TPSA) is 107 Å². The average Bonchev–Trinajstić information content (AvgIpc) is 2.73. The van der Waals surface area contributed by atoms with Crippen LogP contribution in [0.2, 0.25) is 0 Å². The third-order valence-electron chi connectivity index (χ3n) is 5.85. The van der Waals surface area contributed by atoms with Crippen LogP contribution in [0.15, 0.2) is 42.5 Å². The molecule has 0 saturated carbocycles. The Hall–Kier alpha value is -2.06. The van der Waals surface area contributed by atoms with E-state index in [1.54, 1.807) is 0 Å². The molecule has 4 N–H and O–H groups in total. The van der Waals surface area contributed by atoms with Crippen LogP contribution in [0.1, 0.15) is 40.3 Å². The number of hydrogen-bond donors (Lipinski definition) is 5. The zero-order valence-corrected chi connectivity index (χ0v) is 18.8. The number of aliphatic hydroxyl groups is 3. The largest absolute Gasteiger partial charge is 0.494 e. The Morgan fingerprint density at radius 1 is 1.10 bits per heavy atom. The molecular formula is C24H32O6S. The molecule has 2 aromatic rings. The third kappa shape index (κ3) is 6.01. The Balaban J connectivity index is 1.69. The van der Waals surface area contributed by atoms with Crippen molar-refractivity contribution in [3.8, 4) is 5.75 Å². The van der Waals surface area contributed by atoms with Crippen LogP contribution in [0.25, 0.3) is 0 Å². The van der Waals surface area contributed by atoms with Gasteiger partial charge in [-0.2, -0.15) is 0 Å². The first-order valence-electron chi connectivity index (χ1n) is 10.5. The molecule has 1 saturated heterocycles. The molecule has 1 unspecified atom stereocenters. The Morgan fingerprint density at radius 3 is 2.48 bits per heavy atom. The molecule has 6 nitrogen and oxygen atoms in total. The summed E-state index contributed by atoms with van der Waals surface area (Å²) in [6, 6.07) is 14.0. The van der Waals surface area contributed by atoms with Gasteiger partial charge in [-0.25, -0.2) is 10.9 Å². The highest BCUT2D eigenvalue weighted by atomic mass is 32.2. The molecule has 1 heterocycles. The van der Waals surface area contributed by atoms with E-state index in [-0.39, 0.29) is 11.7 Å². The highest BCUT2D eigenvalue weighted by molar-refractivity contribution is 8.16. The van der Waals surface area contributed by atoms with Crippen LogP contribution in [0.5, 0.6) is 5.75 Å². The van der Waals surface area contributed by atoms with Gasteiger partial charge in [-0.3, -0.25) is 4.79 Å². The predicted molar refractivity (Wildman–Crippen MR) is 123 cm³/mol. The van der Waals surface area contributed by atoms with E-state index in [1.807, 2.05) is 30.3 Å². The molecule has 1 aliphatic rings. The van der Waals surface area contributed by atoms with E-state index in [1.165, 1.54) is 0 Å². The molecule has 0 amide bonds. The summed E-state index contributed by atoms with van der Waals surface area (Å²) in [6.07, 6.45) is 0.421. The average molecular weight is 449 g/mol. The molecular weight excluding hydrogens is 416 g/mol. The maximum absolute atomic E-state index is 10.6. The van der Waals surface area contributed by atoms with Crippen LogP contribution < -0.4 is 4.74 Å². The lowest BCUT2D eigenvalue weighted by Gasteiger charge is -2.42. The number of aryl methyl sites for hydroxylation is 1. The molecule has 0 spiro atoms. The molecule has 1 fully saturated rings. The molecule has 7 heteroatoms. The van der Waals surface area contributed by atoms with E-state index in [0.29, 0.717) is 24.5 Å². The second-order valence-corrected chi connectivity index (χ2v) is 10.7. The summed E-state index contributed by atoms with van der Waals surface area (Å²) < 4.78 is 5.59. The van der Waals surface area contributed by atoms with E-state index in [9.17, 15) is 20.1 Å². The van der Waals surface area contributed by atoms with Gasteiger partial charge in [-0.05, 0) is 60.4 Å². The monoisotopic (exact) mass is 448 g/mol. The zero-order valence-electron chi connectivity index (χ0n) is 17.9.